The van der Waals surface area contributed by atoms with E-state index in [1.54, 1.807) is 6.07 Å². The van der Waals surface area contributed by atoms with Crippen molar-refractivity contribution in [3.63, 3.8) is 0 Å². The average Bonchev–Trinajstić information content (AvgIpc) is 2.76. The zero-order chi connectivity index (χ0) is 11.7. The Balaban J connectivity index is 1.86. The van der Waals surface area contributed by atoms with Crippen LogP contribution in [0.5, 0.6) is 0 Å². The minimum Gasteiger partial charge on any atom is -0.340 e. The number of aromatic nitrogens is 1. The van der Waals surface area contributed by atoms with E-state index < -0.39 is 0 Å². The summed E-state index contributed by atoms with van der Waals surface area (Å²) in [5.41, 5.74) is 4.02. The summed E-state index contributed by atoms with van der Waals surface area (Å²) in [5, 5.41) is 3.79. The highest BCUT2D eigenvalue weighted by atomic mass is 35.5. The molecule has 2 nitrogen and oxygen atoms in total. The smallest absolute Gasteiger partial charge is 0.132 e. The molecule has 0 amide bonds. The monoisotopic (exact) mass is 244 g/mol. The van der Waals surface area contributed by atoms with Crippen LogP contribution in [0.25, 0.3) is 0 Å². The van der Waals surface area contributed by atoms with Crippen molar-refractivity contribution in [2.45, 2.75) is 19.3 Å². The minimum atomic E-state index is 0.510. The zero-order valence-corrected chi connectivity index (χ0v) is 10.2. The predicted molar refractivity (Wildman–Crippen MR) is 71.0 cm³/mol. The van der Waals surface area contributed by atoms with Crippen LogP contribution in [0.4, 0.5) is 11.5 Å². The minimum absolute atomic E-state index is 0.510. The number of nitrogens with zero attached hydrogens (tertiary/aromatic N) is 1. The molecule has 1 aromatic carbocycles. The van der Waals surface area contributed by atoms with Gasteiger partial charge in [0, 0.05) is 5.69 Å². The second-order valence-electron chi connectivity index (χ2n) is 4.31. The summed E-state index contributed by atoms with van der Waals surface area (Å²) in [6.07, 6.45) is 3.67. The van der Waals surface area contributed by atoms with Gasteiger partial charge in [-0.3, -0.25) is 0 Å². The van der Waals surface area contributed by atoms with Crippen LogP contribution in [0, 0.1) is 0 Å². The summed E-state index contributed by atoms with van der Waals surface area (Å²) in [6, 6.07) is 12.1. The molecule has 0 atom stereocenters. The molecule has 86 valence electrons. The van der Waals surface area contributed by atoms with Crippen molar-refractivity contribution in [2.75, 3.05) is 5.32 Å². The third kappa shape index (κ3) is 2.27. The van der Waals surface area contributed by atoms with Gasteiger partial charge in [-0.15, -0.1) is 0 Å². The van der Waals surface area contributed by atoms with Crippen LogP contribution in [0.3, 0.4) is 0 Å². The second-order valence-corrected chi connectivity index (χ2v) is 4.69. The number of halogens is 1. The Morgan fingerprint density at radius 1 is 1.06 bits per heavy atom. The molecule has 1 aliphatic carbocycles. The van der Waals surface area contributed by atoms with Crippen molar-refractivity contribution < 1.29 is 0 Å². The highest BCUT2D eigenvalue weighted by Gasteiger charge is 2.10. The first kappa shape index (κ1) is 10.6. The third-order valence-corrected chi connectivity index (χ3v) is 3.30. The summed E-state index contributed by atoms with van der Waals surface area (Å²) < 4.78 is 0. The van der Waals surface area contributed by atoms with E-state index in [-0.39, 0.29) is 0 Å². The Hall–Kier alpha value is -1.54. The van der Waals surface area contributed by atoms with Gasteiger partial charge < -0.3 is 5.32 Å². The molecule has 0 fully saturated rings. The summed E-state index contributed by atoms with van der Waals surface area (Å²) in [6.45, 7) is 0. The Labute approximate surface area is 106 Å². The van der Waals surface area contributed by atoms with Gasteiger partial charge in [-0.05, 0) is 54.7 Å². The molecule has 3 rings (SSSR count). The standard InChI is InChI=1S/C14H13ClN2/c15-13-5-2-6-14(17-13)16-12-8-7-10-3-1-4-11(10)9-12/h2,5-9H,1,3-4H2,(H,16,17). The molecule has 1 heterocycles. The van der Waals surface area contributed by atoms with Crippen LogP contribution in [-0.4, -0.2) is 4.98 Å². The molecule has 0 aliphatic heterocycles. The van der Waals surface area contributed by atoms with Crippen molar-refractivity contribution in [3.05, 3.63) is 52.7 Å². The molecular formula is C14H13ClN2. The van der Waals surface area contributed by atoms with E-state index in [2.05, 4.69) is 28.5 Å². The second kappa shape index (κ2) is 4.38. The fraction of sp³-hybridized carbons (Fsp3) is 0.214. The highest BCUT2D eigenvalue weighted by molar-refractivity contribution is 6.29. The maximum absolute atomic E-state index is 5.85. The molecule has 1 aliphatic rings. The van der Waals surface area contributed by atoms with Gasteiger partial charge in [0.15, 0.2) is 0 Å². The maximum Gasteiger partial charge on any atom is 0.132 e. The van der Waals surface area contributed by atoms with Crippen LogP contribution in [-0.2, 0) is 12.8 Å². The number of pyridine rings is 1. The van der Waals surface area contributed by atoms with Gasteiger partial charge in [0.05, 0.1) is 0 Å². The SMILES string of the molecule is Clc1cccc(Nc2ccc3c(c2)CCC3)n1. The van der Waals surface area contributed by atoms with Gasteiger partial charge in [-0.2, -0.15) is 0 Å². The van der Waals surface area contributed by atoms with Crippen LogP contribution in [0.1, 0.15) is 17.5 Å². The Morgan fingerprint density at radius 2 is 1.94 bits per heavy atom. The molecule has 1 aromatic heterocycles. The van der Waals surface area contributed by atoms with Gasteiger partial charge in [0.2, 0.25) is 0 Å². The Morgan fingerprint density at radius 3 is 2.82 bits per heavy atom. The molecule has 0 bridgehead atoms. The number of aryl methyl sites for hydroxylation is 2. The van der Waals surface area contributed by atoms with Gasteiger partial charge >= 0.3 is 0 Å². The number of nitrogens with one attached hydrogen (secondary N) is 1. The number of rotatable bonds is 2. The van der Waals surface area contributed by atoms with Crippen LogP contribution >= 0.6 is 11.6 Å². The number of hydrogen-bond donors (Lipinski definition) is 1. The third-order valence-electron chi connectivity index (χ3n) is 3.09. The van der Waals surface area contributed by atoms with Crippen molar-refractivity contribution in [2.24, 2.45) is 0 Å². The van der Waals surface area contributed by atoms with Crippen LogP contribution in [0.15, 0.2) is 36.4 Å². The molecule has 0 radical (unpaired) electrons. The van der Waals surface area contributed by atoms with E-state index in [4.69, 9.17) is 11.6 Å². The quantitative estimate of drug-likeness (QED) is 0.809. The van der Waals surface area contributed by atoms with E-state index in [0.717, 1.165) is 11.5 Å². The average molecular weight is 245 g/mol. The molecule has 0 saturated heterocycles. The zero-order valence-electron chi connectivity index (χ0n) is 9.41. The summed E-state index contributed by atoms with van der Waals surface area (Å²) in [4.78, 5) is 4.22. The van der Waals surface area contributed by atoms with Gasteiger partial charge in [0.25, 0.3) is 0 Å². The lowest BCUT2D eigenvalue weighted by Gasteiger charge is -2.07. The molecule has 2 aromatic rings. The predicted octanol–water partition coefficient (Wildman–Crippen LogP) is 3.97. The van der Waals surface area contributed by atoms with Gasteiger partial charge in [0.1, 0.15) is 11.0 Å². The van der Waals surface area contributed by atoms with E-state index in [0.29, 0.717) is 5.15 Å². The molecule has 1 N–H and O–H groups in total. The fourth-order valence-corrected chi connectivity index (χ4v) is 2.44. The van der Waals surface area contributed by atoms with E-state index in [1.165, 1.54) is 30.4 Å². The van der Waals surface area contributed by atoms with Crippen molar-refractivity contribution in [1.82, 2.24) is 4.98 Å². The number of fused-ring (bicyclic) bond motifs is 1. The van der Waals surface area contributed by atoms with E-state index in [1.807, 2.05) is 12.1 Å². The lowest BCUT2D eigenvalue weighted by molar-refractivity contribution is 0.912. The first-order valence-corrected chi connectivity index (χ1v) is 6.20. The topological polar surface area (TPSA) is 24.9 Å². The normalized spacial score (nSPS) is 13.5. The van der Waals surface area contributed by atoms with Crippen molar-refractivity contribution in [1.29, 1.82) is 0 Å². The number of benzene rings is 1. The summed E-state index contributed by atoms with van der Waals surface area (Å²) in [5.74, 6) is 0.787. The van der Waals surface area contributed by atoms with Crippen LogP contribution in [0.2, 0.25) is 5.15 Å². The molecular weight excluding hydrogens is 232 g/mol. The fourth-order valence-electron chi connectivity index (χ4n) is 2.28. The molecule has 0 unspecified atom stereocenters. The maximum atomic E-state index is 5.85. The first-order chi connectivity index (χ1) is 8.31. The summed E-state index contributed by atoms with van der Waals surface area (Å²) in [7, 11) is 0. The Bertz CT molecular complexity index is 552. The van der Waals surface area contributed by atoms with Gasteiger partial charge in [-0.1, -0.05) is 23.7 Å². The van der Waals surface area contributed by atoms with Crippen molar-refractivity contribution >= 4 is 23.1 Å². The molecule has 0 spiro atoms. The lowest BCUT2D eigenvalue weighted by atomic mass is 10.1. The van der Waals surface area contributed by atoms with Crippen LogP contribution < -0.4 is 5.32 Å². The largest absolute Gasteiger partial charge is 0.340 e. The summed E-state index contributed by atoms with van der Waals surface area (Å²) >= 11 is 5.85. The first-order valence-electron chi connectivity index (χ1n) is 5.83. The molecule has 0 saturated carbocycles. The van der Waals surface area contributed by atoms with E-state index >= 15 is 0 Å². The highest BCUT2D eigenvalue weighted by Crippen LogP contribution is 2.26. The van der Waals surface area contributed by atoms with E-state index in [9.17, 15) is 0 Å². The van der Waals surface area contributed by atoms with Crippen molar-refractivity contribution in [3.8, 4) is 0 Å². The van der Waals surface area contributed by atoms with Gasteiger partial charge in [-0.25, -0.2) is 4.98 Å². The Kier molecular flexibility index (Phi) is 2.73. The number of hydrogen-bond acceptors (Lipinski definition) is 2. The molecule has 17 heavy (non-hydrogen) atoms. The lowest BCUT2D eigenvalue weighted by Crippen LogP contribution is -1.94. The molecule has 3 heteroatoms. The number of anilines is 2.